The summed E-state index contributed by atoms with van der Waals surface area (Å²) in [4.78, 5) is 26.2. The molecule has 0 aliphatic heterocycles. The van der Waals surface area contributed by atoms with E-state index in [0.29, 0.717) is 0 Å². The molecule has 0 aliphatic carbocycles. The third-order valence-corrected chi connectivity index (χ3v) is 3.65. The third kappa shape index (κ3) is 3.79. The Bertz CT molecular complexity index is 933. The van der Waals surface area contributed by atoms with Crippen LogP contribution in [0.15, 0.2) is 46.8 Å². The highest BCUT2D eigenvalue weighted by Gasteiger charge is 2.11. The molecule has 0 aliphatic rings. The standard InChI is InChI=1S/C15H13ClN4O3S/c1-2-7-20-14(23)10(12(21)18-15(20)24)8-17-19-13(22)9-5-3-4-6-11(9)16/h2-6,8,23H,1,7H2,(H,19,22)(H,18,21,24). The minimum atomic E-state index is -0.631. The van der Waals surface area contributed by atoms with E-state index >= 15 is 0 Å². The number of aromatic hydroxyl groups is 1. The number of carbonyl (C=O) groups is 1. The molecule has 2 rings (SSSR count). The van der Waals surface area contributed by atoms with Gasteiger partial charge in [0, 0.05) is 6.54 Å². The van der Waals surface area contributed by atoms with Gasteiger partial charge in [-0.2, -0.15) is 5.10 Å². The zero-order valence-corrected chi connectivity index (χ0v) is 13.9. The average Bonchev–Trinajstić information content (AvgIpc) is 2.54. The zero-order chi connectivity index (χ0) is 17.7. The molecular weight excluding hydrogens is 352 g/mol. The van der Waals surface area contributed by atoms with Crippen molar-refractivity contribution in [3.8, 4) is 5.88 Å². The van der Waals surface area contributed by atoms with Crippen molar-refractivity contribution in [1.29, 1.82) is 0 Å². The second-order valence-corrected chi connectivity index (χ2v) is 5.37. The van der Waals surface area contributed by atoms with Gasteiger partial charge in [0.05, 0.1) is 16.8 Å². The molecule has 1 heterocycles. The van der Waals surface area contributed by atoms with E-state index in [9.17, 15) is 14.7 Å². The largest absolute Gasteiger partial charge is 0.494 e. The molecule has 7 nitrogen and oxygen atoms in total. The minimum Gasteiger partial charge on any atom is -0.494 e. The topological polar surface area (TPSA) is 99.5 Å². The fraction of sp³-hybridized carbons (Fsp3) is 0.0667. The highest BCUT2D eigenvalue weighted by Crippen LogP contribution is 2.14. The van der Waals surface area contributed by atoms with E-state index < -0.39 is 11.5 Å². The van der Waals surface area contributed by atoms with Crippen molar-refractivity contribution in [3.05, 3.63) is 68.2 Å². The average molecular weight is 365 g/mol. The summed E-state index contributed by atoms with van der Waals surface area (Å²) in [7, 11) is 0. The first-order valence-corrected chi connectivity index (χ1v) is 7.49. The van der Waals surface area contributed by atoms with E-state index in [2.05, 4.69) is 22.1 Å². The summed E-state index contributed by atoms with van der Waals surface area (Å²) in [6.45, 7) is 3.75. The van der Waals surface area contributed by atoms with Crippen LogP contribution in [0.25, 0.3) is 0 Å². The van der Waals surface area contributed by atoms with Gasteiger partial charge >= 0.3 is 0 Å². The third-order valence-electron chi connectivity index (χ3n) is 3.00. The van der Waals surface area contributed by atoms with Crippen LogP contribution in [0.5, 0.6) is 5.88 Å². The van der Waals surface area contributed by atoms with Crippen LogP contribution in [0.3, 0.4) is 0 Å². The normalized spacial score (nSPS) is 10.7. The second-order valence-electron chi connectivity index (χ2n) is 4.57. The minimum absolute atomic E-state index is 0.0506. The fourth-order valence-corrected chi connectivity index (χ4v) is 2.33. The smallest absolute Gasteiger partial charge is 0.272 e. The number of halogens is 1. The van der Waals surface area contributed by atoms with E-state index in [0.717, 1.165) is 6.21 Å². The predicted octanol–water partition coefficient (Wildman–Crippen LogP) is 2.21. The number of benzene rings is 1. The molecule has 0 saturated heterocycles. The summed E-state index contributed by atoms with van der Waals surface area (Å²) >= 11 is 10.9. The van der Waals surface area contributed by atoms with Crippen LogP contribution in [0.1, 0.15) is 15.9 Å². The Kier molecular flexibility index (Phi) is 5.67. The van der Waals surface area contributed by atoms with Gasteiger partial charge < -0.3 is 5.11 Å². The molecule has 24 heavy (non-hydrogen) atoms. The molecule has 0 radical (unpaired) electrons. The van der Waals surface area contributed by atoms with Gasteiger partial charge in [0.15, 0.2) is 4.77 Å². The SMILES string of the molecule is C=CCn1c(O)c(C=NNC(=O)c2ccccc2Cl)c(=O)[nH]c1=S. The Hall–Kier alpha value is -2.71. The molecule has 0 spiro atoms. The number of allylic oxidation sites excluding steroid dienone is 1. The summed E-state index contributed by atoms with van der Waals surface area (Å²) in [6.07, 6.45) is 2.53. The monoisotopic (exact) mass is 364 g/mol. The fourth-order valence-electron chi connectivity index (χ4n) is 1.85. The van der Waals surface area contributed by atoms with Gasteiger partial charge in [0.1, 0.15) is 5.56 Å². The molecule has 124 valence electrons. The van der Waals surface area contributed by atoms with Crippen LogP contribution in [-0.4, -0.2) is 26.8 Å². The summed E-state index contributed by atoms with van der Waals surface area (Å²) in [5.74, 6) is -0.925. The number of carbonyl (C=O) groups excluding carboxylic acids is 1. The lowest BCUT2D eigenvalue weighted by atomic mass is 10.2. The molecular formula is C15H13ClN4O3S. The number of aromatic amines is 1. The molecule has 0 unspecified atom stereocenters. The number of hydrazone groups is 1. The van der Waals surface area contributed by atoms with Crippen molar-refractivity contribution in [2.45, 2.75) is 6.54 Å². The highest BCUT2D eigenvalue weighted by atomic mass is 35.5. The number of hydrogen-bond acceptors (Lipinski definition) is 5. The van der Waals surface area contributed by atoms with Crippen molar-refractivity contribution in [2.24, 2.45) is 5.10 Å². The van der Waals surface area contributed by atoms with Crippen LogP contribution in [0, 0.1) is 4.77 Å². The summed E-state index contributed by atoms with van der Waals surface area (Å²) in [5, 5.41) is 14.1. The van der Waals surface area contributed by atoms with Gasteiger partial charge in [0.25, 0.3) is 11.5 Å². The summed E-state index contributed by atoms with van der Waals surface area (Å²) < 4.78 is 1.32. The maximum absolute atomic E-state index is 12.0. The van der Waals surface area contributed by atoms with Gasteiger partial charge in [0.2, 0.25) is 5.88 Å². The molecule has 0 fully saturated rings. The Morgan fingerprint density at radius 1 is 1.50 bits per heavy atom. The first-order chi connectivity index (χ1) is 11.5. The van der Waals surface area contributed by atoms with Gasteiger partial charge in [-0.3, -0.25) is 19.1 Å². The Labute approximate surface area is 146 Å². The highest BCUT2D eigenvalue weighted by molar-refractivity contribution is 7.71. The van der Waals surface area contributed by atoms with Crippen LogP contribution in [0.2, 0.25) is 5.02 Å². The van der Waals surface area contributed by atoms with Gasteiger partial charge in [-0.15, -0.1) is 6.58 Å². The predicted molar refractivity (Wildman–Crippen MR) is 94.3 cm³/mol. The number of rotatable bonds is 5. The molecule has 0 bridgehead atoms. The molecule has 9 heteroatoms. The lowest BCUT2D eigenvalue weighted by molar-refractivity contribution is 0.0955. The molecule has 3 N–H and O–H groups in total. The molecule has 1 aromatic heterocycles. The maximum Gasteiger partial charge on any atom is 0.272 e. The lowest BCUT2D eigenvalue weighted by Gasteiger charge is -2.08. The van der Waals surface area contributed by atoms with Crippen LogP contribution < -0.4 is 11.0 Å². The number of nitrogens with zero attached hydrogens (tertiary/aromatic N) is 2. The number of H-pyrrole nitrogens is 1. The first kappa shape index (κ1) is 17.6. The quantitative estimate of drug-likeness (QED) is 0.328. The van der Waals surface area contributed by atoms with E-state index in [1.54, 1.807) is 18.2 Å². The van der Waals surface area contributed by atoms with Crippen molar-refractivity contribution in [3.63, 3.8) is 0 Å². The summed E-state index contributed by atoms with van der Waals surface area (Å²) in [6, 6.07) is 6.44. The van der Waals surface area contributed by atoms with Crippen molar-refractivity contribution >= 4 is 35.9 Å². The van der Waals surface area contributed by atoms with E-state index in [1.165, 1.54) is 16.7 Å². The molecule has 2 aromatic rings. The van der Waals surface area contributed by atoms with E-state index in [4.69, 9.17) is 23.8 Å². The zero-order valence-electron chi connectivity index (χ0n) is 12.3. The Morgan fingerprint density at radius 2 is 2.21 bits per heavy atom. The second kappa shape index (κ2) is 7.71. The van der Waals surface area contributed by atoms with E-state index in [-0.39, 0.29) is 33.3 Å². The molecule has 0 atom stereocenters. The number of hydrogen-bond donors (Lipinski definition) is 3. The number of aromatic nitrogens is 2. The lowest BCUT2D eigenvalue weighted by Crippen LogP contribution is -2.21. The maximum atomic E-state index is 12.0. The van der Waals surface area contributed by atoms with Crippen molar-refractivity contribution < 1.29 is 9.90 Å². The summed E-state index contributed by atoms with van der Waals surface area (Å²) in [5.41, 5.74) is 1.69. The van der Waals surface area contributed by atoms with Crippen LogP contribution >= 0.6 is 23.8 Å². The number of amides is 1. The van der Waals surface area contributed by atoms with Gasteiger partial charge in [-0.05, 0) is 24.4 Å². The van der Waals surface area contributed by atoms with Crippen LogP contribution in [0.4, 0.5) is 0 Å². The first-order valence-electron chi connectivity index (χ1n) is 6.70. The molecule has 1 amide bonds. The van der Waals surface area contributed by atoms with Crippen LogP contribution in [-0.2, 0) is 6.54 Å². The Balaban J connectivity index is 2.27. The van der Waals surface area contributed by atoms with Crippen molar-refractivity contribution in [1.82, 2.24) is 15.0 Å². The van der Waals surface area contributed by atoms with E-state index in [1.807, 2.05) is 0 Å². The molecule has 1 aromatic carbocycles. The number of nitrogens with one attached hydrogen (secondary N) is 2. The Morgan fingerprint density at radius 3 is 2.88 bits per heavy atom. The van der Waals surface area contributed by atoms with Gasteiger partial charge in [-0.1, -0.05) is 29.8 Å². The van der Waals surface area contributed by atoms with Crippen molar-refractivity contribution in [2.75, 3.05) is 0 Å². The molecule has 0 saturated carbocycles. The van der Waals surface area contributed by atoms with Gasteiger partial charge in [-0.25, -0.2) is 5.43 Å².